The molecule has 1 aromatic heterocycles. The third-order valence-corrected chi connectivity index (χ3v) is 6.49. The van der Waals surface area contributed by atoms with Gasteiger partial charge in [-0.05, 0) is 48.4 Å². The van der Waals surface area contributed by atoms with E-state index in [2.05, 4.69) is 10.1 Å². The Hall–Kier alpha value is -2.91. The molecule has 0 fully saturated rings. The van der Waals surface area contributed by atoms with Crippen molar-refractivity contribution in [1.82, 2.24) is 14.4 Å². The molecule has 0 amide bonds. The largest absolute Gasteiger partial charge is 0.497 e. The number of hydrogen-bond acceptors (Lipinski definition) is 7. The van der Waals surface area contributed by atoms with Gasteiger partial charge >= 0.3 is 0 Å². The average Bonchev–Trinajstić information content (AvgIpc) is 3.24. The van der Waals surface area contributed by atoms with Crippen molar-refractivity contribution >= 4 is 10.0 Å². The lowest BCUT2D eigenvalue weighted by Gasteiger charge is -2.16. The fourth-order valence-corrected chi connectivity index (χ4v) is 3.89. The van der Waals surface area contributed by atoms with E-state index >= 15 is 0 Å². The van der Waals surface area contributed by atoms with Crippen LogP contribution in [0.25, 0.3) is 0 Å². The Morgan fingerprint density at radius 3 is 2.33 bits per heavy atom. The molecule has 0 aliphatic carbocycles. The van der Waals surface area contributed by atoms with Crippen LogP contribution in [0, 0.1) is 0 Å². The number of likely N-dealkylation sites (N-methyl/N-ethyl adjacent to an activating group) is 1. The fourth-order valence-electron chi connectivity index (χ4n) is 2.72. The number of nitrogens with zero attached hydrogens (tertiary/aromatic N) is 3. The van der Waals surface area contributed by atoms with Crippen molar-refractivity contribution in [2.45, 2.75) is 31.3 Å². The van der Waals surface area contributed by atoms with Crippen molar-refractivity contribution in [3.8, 4) is 11.5 Å². The average molecular weight is 432 g/mol. The Balaban J connectivity index is 1.53. The number of hydrogen-bond donors (Lipinski definition) is 0. The van der Waals surface area contributed by atoms with E-state index in [4.69, 9.17) is 14.0 Å². The zero-order chi connectivity index (χ0) is 21.6. The summed E-state index contributed by atoms with van der Waals surface area (Å²) in [6.07, 6.45) is 1.19. The van der Waals surface area contributed by atoms with E-state index in [-0.39, 0.29) is 18.0 Å². The summed E-state index contributed by atoms with van der Waals surface area (Å²) in [4.78, 5) is 4.53. The van der Waals surface area contributed by atoms with Gasteiger partial charge in [0.2, 0.25) is 10.0 Å². The molecule has 0 unspecified atom stereocenters. The van der Waals surface area contributed by atoms with Crippen LogP contribution in [0.5, 0.6) is 11.5 Å². The number of methoxy groups -OCH3 is 1. The van der Waals surface area contributed by atoms with Crippen LogP contribution in [0.2, 0.25) is 0 Å². The van der Waals surface area contributed by atoms with Crippen molar-refractivity contribution < 1.29 is 22.4 Å². The first-order valence-corrected chi connectivity index (χ1v) is 11.0. The summed E-state index contributed by atoms with van der Waals surface area (Å²) in [6, 6.07) is 14.1. The number of ether oxygens (including phenoxy) is 2. The van der Waals surface area contributed by atoms with Gasteiger partial charge in [-0.2, -0.15) is 4.98 Å². The van der Waals surface area contributed by atoms with E-state index in [1.807, 2.05) is 19.1 Å². The quantitative estimate of drug-likeness (QED) is 0.487. The lowest BCUT2D eigenvalue weighted by molar-refractivity contribution is 0.242. The van der Waals surface area contributed by atoms with E-state index in [1.165, 1.54) is 11.4 Å². The van der Waals surface area contributed by atoms with Gasteiger partial charge in [-0.1, -0.05) is 24.2 Å². The first kappa shape index (κ1) is 21.8. The monoisotopic (exact) mass is 431 g/mol. The van der Waals surface area contributed by atoms with Crippen LogP contribution in [-0.4, -0.2) is 43.6 Å². The first-order valence-electron chi connectivity index (χ1n) is 9.56. The molecule has 0 N–H and O–H groups in total. The third kappa shape index (κ3) is 5.37. The molecular formula is C21H25N3O5S. The highest BCUT2D eigenvalue weighted by Crippen LogP contribution is 2.18. The Morgan fingerprint density at radius 2 is 1.70 bits per heavy atom. The minimum atomic E-state index is -3.57. The summed E-state index contributed by atoms with van der Waals surface area (Å²) in [5.74, 6) is 2.13. The molecular weight excluding hydrogens is 406 g/mol. The van der Waals surface area contributed by atoms with Crippen molar-refractivity contribution in [2.75, 3.05) is 20.7 Å². The summed E-state index contributed by atoms with van der Waals surface area (Å²) in [5, 5.41) is 3.90. The molecule has 0 atom stereocenters. The molecule has 0 saturated heterocycles. The van der Waals surface area contributed by atoms with E-state index in [0.29, 0.717) is 23.9 Å². The Kier molecular flexibility index (Phi) is 7.07. The topological polar surface area (TPSA) is 94.8 Å². The normalized spacial score (nSPS) is 11.6. The van der Waals surface area contributed by atoms with Crippen molar-refractivity contribution in [1.29, 1.82) is 0 Å². The Morgan fingerprint density at radius 1 is 1.03 bits per heavy atom. The van der Waals surface area contributed by atoms with E-state index in [9.17, 15) is 8.42 Å². The van der Waals surface area contributed by atoms with Crippen LogP contribution < -0.4 is 9.47 Å². The highest BCUT2D eigenvalue weighted by molar-refractivity contribution is 7.89. The summed E-state index contributed by atoms with van der Waals surface area (Å²) in [7, 11) is -0.431. The number of benzene rings is 2. The number of aromatic nitrogens is 2. The molecule has 160 valence electrons. The van der Waals surface area contributed by atoms with Crippen molar-refractivity contribution in [3.63, 3.8) is 0 Å². The standard InChI is InChI=1S/C21H25N3O5S/c1-4-16-5-11-19(12-6-16)30(25,26)24(2)14-13-20-22-21(29-23-20)15-28-18-9-7-17(27-3)8-10-18/h5-12H,4,13-15H2,1-3H3. The molecule has 0 radical (unpaired) electrons. The highest BCUT2D eigenvalue weighted by Gasteiger charge is 2.21. The molecule has 3 rings (SSSR count). The minimum Gasteiger partial charge on any atom is -0.497 e. The van der Waals surface area contributed by atoms with Gasteiger partial charge in [0.25, 0.3) is 5.89 Å². The van der Waals surface area contributed by atoms with E-state index in [0.717, 1.165) is 17.7 Å². The number of aryl methyl sites for hydroxylation is 1. The van der Waals surface area contributed by atoms with Gasteiger partial charge in [0.15, 0.2) is 12.4 Å². The van der Waals surface area contributed by atoms with Gasteiger partial charge in [0.1, 0.15) is 11.5 Å². The maximum absolute atomic E-state index is 12.7. The van der Waals surface area contributed by atoms with Gasteiger partial charge in [-0.15, -0.1) is 0 Å². The summed E-state index contributed by atoms with van der Waals surface area (Å²) >= 11 is 0. The van der Waals surface area contributed by atoms with Crippen molar-refractivity contribution in [3.05, 3.63) is 65.8 Å². The minimum absolute atomic E-state index is 0.122. The van der Waals surface area contributed by atoms with Crippen LogP contribution in [0.4, 0.5) is 0 Å². The summed E-state index contributed by atoms with van der Waals surface area (Å²) < 4.78 is 42.6. The van der Waals surface area contributed by atoms with Crippen molar-refractivity contribution in [2.24, 2.45) is 0 Å². The molecule has 0 aliphatic rings. The highest BCUT2D eigenvalue weighted by atomic mass is 32.2. The van der Waals surface area contributed by atoms with Gasteiger partial charge in [-0.25, -0.2) is 12.7 Å². The van der Waals surface area contributed by atoms with Crippen LogP contribution in [-0.2, 0) is 29.5 Å². The molecule has 0 aliphatic heterocycles. The zero-order valence-corrected chi connectivity index (χ0v) is 18.1. The van der Waals surface area contributed by atoms with Crippen LogP contribution in [0.15, 0.2) is 57.9 Å². The second-order valence-corrected chi connectivity index (χ2v) is 8.69. The van der Waals surface area contributed by atoms with Gasteiger partial charge in [0, 0.05) is 20.0 Å². The van der Waals surface area contributed by atoms with Gasteiger partial charge in [-0.3, -0.25) is 0 Å². The van der Waals surface area contributed by atoms with Gasteiger partial charge in [0.05, 0.1) is 12.0 Å². The van der Waals surface area contributed by atoms with E-state index in [1.54, 1.807) is 43.5 Å². The Labute approximate surface area is 176 Å². The van der Waals surface area contributed by atoms with E-state index < -0.39 is 10.0 Å². The van der Waals surface area contributed by atoms with Crippen LogP contribution in [0.3, 0.4) is 0 Å². The first-order chi connectivity index (χ1) is 14.4. The zero-order valence-electron chi connectivity index (χ0n) is 17.2. The molecule has 0 spiro atoms. The van der Waals surface area contributed by atoms with Gasteiger partial charge < -0.3 is 14.0 Å². The maximum atomic E-state index is 12.7. The fraction of sp³-hybridized carbons (Fsp3) is 0.333. The summed E-state index contributed by atoms with van der Waals surface area (Å²) in [5.41, 5.74) is 1.09. The Bertz CT molecular complexity index is 1050. The number of rotatable bonds is 10. The number of sulfonamides is 1. The second-order valence-electron chi connectivity index (χ2n) is 6.64. The predicted molar refractivity (Wildman–Crippen MR) is 111 cm³/mol. The molecule has 1 heterocycles. The molecule has 0 saturated carbocycles. The summed E-state index contributed by atoms with van der Waals surface area (Å²) in [6.45, 7) is 2.38. The molecule has 3 aromatic rings. The molecule has 30 heavy (non-hydrogen) atoms. The second kappa shape index (κ2) is 9.73. The third-order valence-electron chi connectivity index (χ3n) is 4.62. The molecule has 0 bridgehead atoms. The lowest BCUT2D eigenvalue weighted by Crippen LogP contribution is -2.29. The van der Waals surface area contributed by atoms with Crippen LogP contribution in [0.1, 0.15) is 24.2 Å². The maximum Gasteiger partial charge on any atom is 0.264 e. The predicted octanol–water partition coefficient (Wildman–Crippen LogP) is 3.08. The molecule has 2 aromatic carbocycles. The smallest absolute Gasteiger partial charge is 0.264 e. The molecule has 9 heteroatoms. The lowest BCUT2D eigenvalue weighted by atomic mass is 10.2. The SMILES string of the molecule is CCc1ccc(S(=O)(=O)N(C)CCc2noc(COc3ccc(OC)cc3)n2)cc1. The van der Waals surface area contributed by atoms with Crippen LogP contribution >= 0.6 is 0 Å². The molecule has 8 nitrogen and oxygen atoms in total.